The average Bonchev–Trinajstić information content (AvgIpc) is 3.36. The first-order valence-electron chi connectivity index (χ1n) is 13.2. The molecule has 1 heterocycles. The number of ether oxygens (including phenoxy) is 3. The lowest BCUT2D eigenvalue weighted by Gasteiger charge is -2.19. The fourth-order valence-electron chi connectivity index (χ4n) is 3.62. The van der Waals surface area contributed by atoms with Gasteiger partial charge >= 0.3 is 5.97 Å². The largest absolute Gasteiger partial charge is 0.462 e. The zero-order valence-corrected chi connectivity index (χ0v) is 23.2. The summed E-state index contributed by atoms with van der Waals surface area (Å²) >= 11 is 0. The van der Waals surface area contributed by atoms with Crippen molar-refractivity contribution in [1.82, 2.24) is 20.3 Å². The van der Waals surface area contributed by atoms with Crippen LogP contribution in [-0.2, 0) is 33.7 Å². The molecule has 0 saturated heterocycles. The third kappa shape index (κ3) is 11.5. The van der Waals surface area contributed by atoms with Crippen molar-refractivity contribution in [1.29, 1.82) is 0 Å². The highest BCUT2D eigenvalue weighted by Crippen LogP contribution is 2.15. The normalized spacial score (nSPS) is 11.3. The van der Waals surface area contributed by atoms with Gasteiger partial charge in [0.1, 0.15) is 42.5 Å². The molecule has 0 radical (unpaired) electrons. The van der Waals surface area contributed by atoms with Crippen molar-refractivity contribution in [3.8, 4) is 11.5 Å². The van der Waals surface area contributed by atoms with Gasteiger partial charge in [0.2, 0.25) is 5.91 Å². The average molecular weight is 549 g/mol. The second-order valence-corrected chi connectivity index (χ2v) is 10.1. The maximum absolute atomic E-state index is 12.3. The molecule has 0 bridgehead atoms. The summed E-state index contributed by atoms with van der Waals surface area (Å²) in [4.78, 5) is 34.7. The van der Waals surface area contributed by atoms with Gasteiger partial charge in [-0.05, 0) is 88.4 Å². The van der Waals surface area contributed by atoms with Crippen LogP contribution in [0.2, 0.25) is 0 Å². The van der Waals surface area contributed by atoms with Gasteiger partial charge < -0.3 is 19.5 Å². The number of nitrogens with zero attached hydrogens (tertiary/aromatic N) is 3. The number of amides is 1. The van der Waals surface area contributed by atoms with E-state index in [0.717, 1.165) is 24.0 Å². The molecule has 212 valence electrons. The summed E-state index contributed by atoms with van der Waals surface area (Å²) in [5, 5.41) is 11.0. The highest BCUT2D eigenvalue weighted by atomic mass is 16.6. The number of esters is 1. The number of carbonyl (C=O) groups is 3. The minimum absolute atomic E-state index is 0.0906. The monoisotopic (exact) mass is 548 g/mol. The van der Waals surface area contributed by atoms with Gasteiger partial charge in [-0.3, -0.25) is 14.4 Å². The van der Waals surface area contributed by atoms with Crippen molar-refractivity contribution in [2.24, 2.45) is 0 Å². The molecule has 0 spiro atoms. The molecule has 0 fully saturated rings. The van der Waals surface area contributed by atoms with E-state index in [9.17, 15) is 14.4 Å². The van der Waals surface area contributed by atoms with Crippen LogP contribution < -0.4 is 14.8 Å². The smallest absolute Gasteiger partial charge is 0.306 e. The molecule has 0 unspecified atom stereocenters. The van der Waals surface area contributed by atoms with Crippen LogP contribution in [0.5, 0.6) is 11.5 Å². The number of rotatable bonds is 15. The number of nitrogens with one attached hydrogen (secondary N) is 1. The van der Waals surface area contributed by atoms with Gasteiger partial charge in [-0.2, -0.15) is 0 Å². The number of aldehydes is 1. The molecule has 0 saturated carbocycles. The molecule has 1 aromatic heterocycles. The molecule has 0 aliphatic carbocycles. The SMILES string of the molecule is CC(C)(C)OC(=O)CCCCc1cn(CC(=O)NCCc2ccc(OC=COc3ccc(C=O)cc3)cc2)nn1. The highest BCUT2D eigenvalue weighted by molar-refractivity contribution is 5.75. The topological polar surface area (TPSA) is 122 Å². The Morgan fingerprint density at radius 3 is 2.20 bits per heavy atom. The Kier molecular flexibility index (Phi) is 11.4. The maximum Gasteiger partial charge on any atom is 0.306 e. The van der Waals surface area contributed by atoms with E-state index in [2.05, 4.69) is 15.6 Å². The van der Waals surface area contributed by atoms with Crippen LogP contribution in [0.3, 0.4) is 0 Å². The molecule has 2 aromatic carbocycles. The summed E-state index contributed by atoms with van der Waals surface area (Å²) in [7, 11) is 0. The number of carbonyl (C=O) groups excluding carboxylic acids is 3. The highest BCUT2D eigenvalue weighted by Gasteiger charge is 2.15. The summed E-state index contributed by atoms with van der Waals surface area (Å²) in [6.45, 7) is 6.14. The summed E-state index contributed by atoms with van der Waals surface area (Å²) in [6, 6.07) is 14.3. The molecule has 0 aliphatic heterocycles. The van der Waals surface area contributed by atoms with E-state index in [1.54, 1.807) is 30.5 Å². The van der Waals surface area contributed by atoms with E-state index < -0.39 is 5.60 Å². The molecule has 3 aromatic rings. The standard InChI is InChI=1S/C30H36N4O6/c1-30(2,3)40-29(37)7-5-4-6-25-20-34(33-32-25)21-28(36)31-17-16-23-8-12-26(13-9-23)38-18-19-39-27-14-10-24(22-35)11-15-27/h8-15,18-20,22H,4-7,16-17,21H2,1-3H3,(H,31,36). The van der Waals surface area contributed by atoms with Crippen LogP contribution in [0, 0.1) is 0 Å². The lowest BCUT2D eigenvalue weighted by atomic mass is 10.1. The van der Waals surface area contributed by atoms with Crippen LogP contribution in [0.1, 0.15) is 61.6 Å². The van der Waals surface area contributed by atoms with Gasteiger partial charge in [-0.25, -0.2) is 4.68 Å². The van der Waals surface area contributed by atoms with E-state index in [-0.39, 0.29) is 18.4 Å². The van der Waals surface area contributed by atoms with Crippen molar-refractivity contribution in [2.75, 3.05) is 6.54 Å². The third-order valence-electron chi connectivity index (χ3n) is 5.51. The zero-order chi connectivity index (χ0) is 28.8. The van der Waals surface area contributed by atoms with Crippen LogP contribution >= 0.6 is 0 Å². The van der Waals surface area contributed by atoms with Gasteiger partial charge in [-0.15, -0.1) is 5.10 Å². The maximum atomic E-state index is 12.3. The minimum atomic E-state index is -0.469. The predicted octanol–water partition coefficient (Wildman–Crippen LogP) is 4.43. The van der Waals surface area contributed by atoms with Gasteiger partial charge in [0.15, 0.2) is 0 Å². The first-order valence-corrected chi connectivity index (χ1v) is 13.2. The molecule has 40 heavy (non-hydrogen) atoms. The van der Waals surface area contributed by atoms with Crippen LogP contribution in [0.4, 0.5) is 0 Å². The Bertz CT molecular complexity index is 1260. The Morgan fingerprint density at radius 1 is 0.925 bits per heavy atom. The first kappa shape index (κ1) is 30.1. The second kappa shape index (κ2) is 15.2. The third-order valence-corrected chi connectivity index (χ3v) is 5.51. The fraction of sp³-hybridized carbons (Fsp3) is 0.367. The molecule has 10 heteroatoms. The Labute approximate surface area is 234 Å². The number of aryl methyl sites for hydroxylation is 1. The molecule has 1 N–H and O–H groups in total. The van der Waals surface area contributed by atoms with Crippen molar-refractivity contribution < 1.29 is 28.6 Å². The van der Waals surface area contributed by atoms with Crippen LogP contribution in [0.15, 0.2) is 67.3 Å². The van der Waals surface area contributed by atoms with E-state index in [4.69, 9.17) is 14.2 Å². The number of hydrogen-bond donors (Lipinski definition) is 1. The van der Waals surface area contributed by atoms with Gasteiger partial charge in [0.25, 0.3) is 0 Å². The van der Waals surface area contributed by atoms with Gasteiger partial charge in [0.05, 0.1) is 5.69 Å². The van der Waals surface area contributed by atoms with E-state index in [1.165, 1.54) is 17.2 Å². The second-order valence-electron chi connectivity index (χ2n) is 10.1. The van der Waals surface area contributed by atoms with E-state index in [0.29, 0.717) is 49.3 Å². The van der Waals surface area contributed by atoms with Crippen LogP contribution in [0.25, 0.3) is 0 Å². The lowest BCUT2D eigenvalue weighted by Crippen LogP contribution is -2.29. The molecular weight excluding hydrogens is 512 g/mol. The molecule has 3 rings (SSSR count). The quantitative estimate of drug-likeness (QED) is 0.128. The zero-order valence-electron chi connectivity index (χ0n) is 23.2. The molecule has 10 nitrogen and oxygen atoms in total. The van der Waals surface area contributed by atoms with Crippen LogP contribution in [-0.4, -0.2) is 45.3 Å². The molecular formula is C30H36N4O6. The van der Waals surface area contributed by atoms with E-state index in [1.807, 2.05) is 45.0 Å². The summed E-state index contributed by atoms with van der Waals surface area (Å²) < 4.78 is 17.8. The predicted molar refractivity (Wildman–Crippen MR) is 149 cm³/mol. The Morgan fingerprint density at radius 2 is 1.57 bits per heavy atom. The summed E-state index contributed by atoms with van der Waals surface area (Å²) in [6.07, 6.45) is 8.61. The molecule has 0 aliphatic rings. The minimum Gasteiger partial charge on any atom is -0.462 e. The Balaban J connectivity index is 1.29. The number of benzene rings is 2. The summed E-state index contributed by atoms with van der Waals surface area (Å²) in [5.41, 5.74) is 1.95. The summed E-state index contributed by atoms with van der Waals surface area (Å²) in [5.74, 6) is 0.901. The fourth-order valence-corrected chi connectivity index (χ4v) is 3.62. The van der Waals surface area contributed by atoms with Gasteiger partial charge in [0, 0.05) is 24.7 Å². The van der Waals surface area contributed by atoms with E-state index >= 15 is 0 Å². The number of unbranched alkanes of at least 4 members (excludes halogenated alkanes) is 1. The molecule has 0 atom stereocenters. The number of aromatic nitrogens is 3. The number of hydrogen-bond acceptors (Lipinski definition) is 8. The van der Waals surface area contributed by atoms with Crippen molar-refractivity contribution in [3.63, 3.8) is 0 Å². The van der Waals surface area contributed by atoms with Crippen molar-refractivity contribution in [2.45, 2.75) is 65.0 Å². The van der Waals surface area contributed by atoms with Crippen molar-refractivity contribution >= 4 is 18.2 Å². The van der Waals surface area contributed by atoms with Gasteiger partial charge in [-0.1, -0.05) is 17.3 Å². The molecule has 1 amide bonds. The first-order chi connectivity index (χ1) is 19.2. The van der Waals surface area contributed by atoms with Crippen molar-refractivity contribution in [3.05, 3.63) is 84.1 Å². The Hall–Kier alpha value is -4.47. The lowest BCUT2D eigenvalue weighted by molar-refractivity contribution is -0.154.